The molecule has 4 rings (SSSR count). The first-order valence-electron chi connectivity index (χ1n) is 8.98. The van der Waals surface area contributed by atoms with Crippen LogP contribution in [-0.2, 0) is 11.2 Å². The second-order valence-electron chi connectivity index (χ2n) is 6.72. The summed E-state index contributed by atoms with van der Waals surface area (Å²) in [6, 6.07) is 8.33. The third kappa shape index (κ3) is 3.45. The van der Waals surface area contributed by atoms with E-state index in [0.29, 0.717) is 11.7 Å². The third-order valence-electron chi connectivity index (χ3n) is 5.28. The zero-order valence-corrected chi connectivity index (χ0v) is 14.3. The number of H-pyrrole nitrogens is 1. The lowest BCUT2D eigenvalue weighted by Gasteiger charge is -2.37. The topological polar surface area (TPSA) is 61.5 Å². The van der Waals surface area contributed by atoms with Crippen LogP contribution in [0.5, 0.6) is 0 Å². The molecule has 132 valence electrons. The number of aromatic amines is 1. The summed E-state index contributed by atoms with van der Waals surface area (Å²) in [6.07, 6.45) is 7.35. The van der Waals surface area contributed by atoms with E-state index in [1.807, 2.05) is 29.3 Å². The number of aromatic nitrogens is 2. The van der Waals surface area contributed by atoms with Gasteiger partial charge in [-0.1, -0.05) is 6.07 Å². The van der Waals surface area contributed by atoms with Crippen molar-refractivity contribution in [1.82, 2.24) is 19.8 Å². The van der Waals surface area contributed by atoms with Crippen LogP contribution < -0.4 is 0 Å². The Balaban J connectivity index is 1.58. The lowest BCUT2D eigenvalue weighted by molar-refractivity contribution is 0.00859. The Morgan fingerprint density at radius 3 is 2.84 bits per heavy atom. The molecule has 2 saturated heterocycles. The van der Waals surface area contributed by atoms with E-state index in [-0.39, 0.29) is 11.9 Å². The molecule has 2 aliphatic heterocycles. The van der Waals surface area contributed by atoms with Gasteiger partial charge in [-0.05, 0) is 36.6 Å². The summed E-state index contributed by atoms with van der Waals surface area (Å²) in [5, 5.41) is 0. The maximum Gasteiger partial charge on any atom is 0.270 e. The molecule has 25 heavy (non-hydrogen) atoms. The molecule has 0 radical (unpaired) electrons. The van der Waals surface area contributed by atoms with Crippen molar-refractivity contribution < 1.29 is 9.53 Å². The average Bonchev–Trinajstić information content (AvgIpc) is 3.33. The second kappa shape index (κ2) is 7.37. The largest absolute Gasteiger partial charge is 0.379 e. The number of carbonyl (C=O) groups is 1. The highest BCUT2D eigenvalue weighted by Gasteiger charge is 2.40. The van der Waals surface area contributed by atoms with Crippen LogP contribution >= 0.6 is 0 Å². The molecule has 6 heteroatoms. The fraction of sp³-hybridized carbons (Fsp3) is 0.474. The summed E-state index contributed by atoms with van der Waals surface area (Å²) in [7, 11) is 0. The molecule has 0 saturated carbocycles. The van der Waals surface area contributed by atoms with Gasteiger partial charge in [0.05, 0.1) is 19.3 Å². The monoisotopic (exact) mass is 340 g/mol. The number of hydrogen-bond acceptors (Lipinski definition) is 4. The molecule has 2 atom stereocenters. The Morgan fingerprint density at radius 1 is 1.24 bits per heavy atom. The van der Waals surface area contributed by atoms with Gasteiger partial charge in [-0.25, -0.2) is 0 Å². The van der Waals surface area contributed by atoms with E-state index in [9.17, 15) is 4.79 Å². The van der Waals surface area contributed by atoms with Crippen molar-refractivity contribution in [2.45, 2.75) is 24.9 Å². The number of nitrogens with one attached hydrogen (secondary N) is 1. The van der Waals surface area contributed by atoms with Crippen molar-refractivity contribution in [2.75, 3.05) is 32.8 Å². The van der Waals surface area contributed by atoms with Gasteiger partial charge in [0.25, 0.3) is 5.91 Å². The van der Waals surface area contributed by atoms with Gasteiger partial charge in [-0.2, -0.15) is 0 Å². The molecule has 2 aromatic heterocycles. The molecular weight excluding hydrogens is 316 g/mol. The SMILES string of the molecule is O=C(c1ccc[nH]1)N1CC[C@@H](N2CCOCC2)[C@@H]1Cc1cccnc1. The van der Waals surface area contributed by atoms with Gasteiger partial charge in [0.2, 0.25) is 0 Å². The van der Waals surface area contributed by atoms with Crippen LogP contribution in [0.15, 0.2) is 42.9 Å². The quantitative estimate of drug-likeness (QED) is 0.918. The minimum atomic E-state index is 0.0923. The molecular formula is C19H24N4O2. The zero-order chi connectivity index (χ0) is 17.1. The van der Waals surface area contributed by atoms with Gasteiger partial charge in [0.15, 0.2) is 0 Å². The molecule has 0 aromatic carbocycles. The number of hydrogen-bond donors (Lipinski definition) is 1. The summed E-state index contributed by atoms with van der Waals surface area (Å²) < 4.78 is 5.51. The number of likely N-dealkylation sites (tertiary alicyclic amines) is 1. The number of nitrogens with zero attached hydrogens (tertiary/aromatic N) is 3. The Bertz CT molecular complexity index is 683. The fourth-order valence-electron chi connectivity index (χ4n) is 4.05. The number of rotatable bonds is 4. The molecule has 0 unspecified atom stereocenters. The highest BCUT2D eigenvalue weighted by Crippen LogP contribution is 2.28. The molecule has 2 aliphatic rings. The van der Waals surface area contributed by atoms with E-state index < -0.39 is 0 Å². The Kier molecular flexibility index (Phi) is 4.81. The lowest BCUT2D eigenvalue weighted by Crippen LogP contribution is -2.51. The number of pyridine rings is 1. The van der Waals surface area contributed by atoms with Gasteiger partial charge in [0, 0.05) is 44.3 Å². The average molecular weight is 340 g/mol. The summed E-state index contributed by atoms with van der Waals surface area (Å²) in [5.74, 6) is 0.0923. The first-order chi connectivity index (χ1) is 12.3. The molecule has 0 aliphatic carbocycles. The number of carbonyl (C=O) groups excluding carboxylic acids is 1. The molecule has 0 bridgehead atoms. The predicted molar refractivity (Wildman–Crippen MR) is 94.4 cm³/mol. The first kappa shape index (κ1) is 16.3. The zero-order valence-electron chi connectivity index (χ0n) is 14.3. The normalized spacial score (nSPS) is 24.6. The van der Waals surface area contributed by atoms with Crippen molar-refractivity contribution in [3.8, 4) is 0 Å². The van der Waals surface area contributed by atoms with Crippen molar-refractivity contribution in [3.05, 3.63) is 54.1 Å². The van der Waals surface area contributed by atoms with Crippen molar-refractivity contribution in [1.29, 1.82) is 0 Å². The molecule has 1 amide bonds. The van der Waals surface area contributed by atoms with E-state index in [1.54, 1.807) is 12.4 Å². The minimum Gasteiger partial charge on any atom is -0.379 e. The van der Waals surface area contributed by atoms with Crippen LogP contribution in [0.1, 0.15) is 22.5 Å². The van der Waals surface area contributed by atoms with E-state index in [0.717, 1.165) is 45.7 Å². The van der Waals surface area contributed by atoms with E-state index in [1.165, 1.54) is 5.56 Å². The highest BCUT2D eigenvalue weighted by molar-refractivity contribution is 5.93. The smallest absolute Gasteiger partial charge is 0.270 e. The molecule has 0 spiro atoms. The van der Waals surface area contributed by atoms with Gasteiger partial charge in [0.1, 0.15) is 5.69 Å². The van der Waals surface area contributed by atoms with Crippen LogP contribution in [0.4, 0.5) is 0 Å². The van der Waals surface area contributed by atoms with Crippen LogP contribution in [0.2, 0.25) is 0 Å². The Morgan fingerprint density at radius 2 is 2.12 bits per heavy atom. The standard InChI is InChI=1S/C19H24N4O2/c24-19(16-4-2-7-21-16)23-8-5-17(22-9-11-25-12-10-22)18(23)13-15-3-1-6-20-14-15/h1-4,6-7,14,17-18,21H,5,8-13H2/t17-,18+/m1/s1. The molecule has 6 nitrogen and oxygen atoms in total. The van der Waals surface area contributed by atoms with Crippen LogP contribution in [0, 0.1) is 0 Å². The van der Waals surface area contributed by atoms with E-state index in [2.05, 4.69) is 20.9 Å². The number of morpholine rings is 1. The van der Waals surface area contributed by atoms with Gasteiger partial charge in [-0.3, -0.25) is 14.7 Å². The third-order valence-corrected chi connectivity index (χ3v) is 5.28. The Hall–Kier alpha value is -2.18. The van der Waals surface area contributed by atoms with Crippen molar-refractivity contribution in [3.63, 3.8) is 0 Å². The van der Waals surface area contributed by atoms with Gasteiger partial charge in [-0.15, -0.1) is 0 Å². The molecule has 1 N–H and O–H groups in total. The highest BCUT2D eigenvalue weighted by atomic mass is 16.5. The van der Waals surface area contributed by atoms with Crippen molar-refractivity contribution >= 4 is 5.91 Å². The van der Waals surface area contributed by atoms with Gasteiger partial charge < -0.3 is 14.6 Å². The summed E-state index contributed by atoms with van der Waals surface area (Å²) >= 11 is 0. The van der Waals surface area contributed by atoms with Crippen LogP contribution in [-0.4, -0.2) is 70.6 Å². The van der Waals surface area contributed by atoms with Crippen molar-refractivity contribution in [2.24, 2.45) is 0 Å². The van der Waals surface area contributed by atoms with E-state index in [4.69, 9.17) is 4.74 Å². The van der Waals surface area contributed by atoms with Gasteiger partial charge >= 0.3 is 0 Å². The number of ether oxygens (including phenoxy) is 1. The van der Waals surface area contributed by atoms with Crippen LogP contribution in [0.25, 0.3) is 0 Å². The molecule has 4 heterocycles. The minimum absolute atomic E-state index is 0.0923. The lowest BCUT2D eigenvalue weighted by atomic mass is 9.99. The maximum absolute atomic E-state index is 13.0. The summed E-state index contributed by atoms with van der Waals surface area (Å²) in [4.78, 5) is 24.8. The fourth-order valence-corrected chi connectivity index (χ4v) is 4.05. The first-order valence-corrected chi connectivity index (χ1v) is 8.98. The molecule has 2 aromatic rings. The van der Waals surface area contributed by atoms with Crippen LogP contribution in [0.3, 0.4) is 0 Å². The Labute approximate surface area is 147 Å². The summed E-state index contributed by atoms with van der Waals surface area (Å²) in [5.41, 5.74) is 1.84. The van der Waals surface area contributed by atoms with E-state index >= 15 is 0 Å². The second-order valence-corrected chi connectivity index (χ2v) is 6.72. The maximum atomic E-state index is 13.0. The molecule has 2 fully saturated rings. The number of amides is 1. The predicted octanol–water partition coefficient (Wildman–Crippen LogP) is 1.57. The summed E-state index contributed by atoms with van der Waals surface area (Å²) in [6.45, 7) is 4.24.